The number of benzene rings is 23. The molecule has 0 saturated heterocycles. The maximum absolute atomic E-state index is 2.49. The lowest BCUT2D eigenvalue weighted by Gasteiger charge is -2.35. The molecule has 646 valence electrons. The smallest absolute Gasteiger partial charge is 0.0714 e. The van der Waals surface area contributed by atoms with E-state index in [1.165, 1.54) is 176 Å². The molecule has 25 aromatic rings. The van der Waals surface area contributed by atoms with E-state index in [0.29, 0.717) is 0 Å². The third-order valence-electron chi connectivity index (χ3n) is 29.1. The van der Waals surface area contributed by atoms with Gasteiger partial charge in [-0.15, -0.1) is 0 Å². The Bertz CT molecular complexity index is 8950. The van der Waals surface area contributed by atoms with Crippen molar-refractivity contribution >= 4 is 110 Å². The van der Waals surface area contributed by atoms with Crippen LogP contribution in [0.4, 0.5) is 34.1 Å². The molecule has 0 aliphatic heterocycles. The quantitative estimate of drug-likeness (QED) is 0.0959. The monoisotopic (exact) mass is 1750 g/mol. The summed E-state index contributed by atoms with van der Waals surface area (Å²) in [7, 11) is 0. The van der Waals surface area contributed by atoms with Gasteiger partial charge in [-0.1, -0.05) is 449 Å². The molecule has 0 N–H and O–H groups in total. The molecule has 2 atom stereocenters. The van der Waals surface area contributed by atoms with Crippen molar-refractivity contribution < 1.29 is 0 Å². The normalized spacial score (nSPS) is 14.0. The third-order valence-corrected chi connectivity index (χ3v) is 29.1. The fourth-order valence-corrected chi connectivity index (χ4v) is 22.9. The fourth-order valence-electron chi connectivity index (χ4n) is 22.9. The van der Waals surface area contributed by atoms with Gasteiger partial charge in [-0.3, -0.25) is 0 Å². The first kappa shape index (κ1) is 80.9. The topological polar surface area (TPSA) is 16.3 Å². The lowest BCUT2D eigenvalue weighted by molar-refractivity contribution is 0.768. The van der Waals surface area contributed by atoms with Crippen LogP contribution in [0.1, 0.15) is 44.5 Å². The van der Waals surface area contributed by atoms with E-state index in [-0.39, 0.29) is 0 Å². The number of nitrogens with zero attached hydrogens (tertiary/aromatic N) is 4. The van der Waals surface area contributed by atoms with E-state index in [2.05, 4.69) is 565 Å². The summed E-state index contributed by atoms with van der Waals surface area (Å²) >= 11 is 0. The molecule has 2 unspecified atom stereocenters. The number of hydrogen-bond donors (Lipinski definition) is 0. The van der Waals surface area contributed by atoms with E-state index in [0.717, 1.165) is 56.5 Å². The highest BCUT2D eigenvalue weighted by atomic mass is 15.2. The Morgan fingerprint density at radius 1 is 0.152 bits per heavy atom. The SMILES string of the molecule is c1ccc(-c2ccc(-n3c4cc(N(c5ccc6c(c5)C(c5ccccc5)(c5ccc(-c7ccccc7)cc5)c5ccccc5-6)c5ccc6ccccc6c5)ccc4c4ccc5ccccc5c43)cc2)cc1.c1ccc(-c2ccc(-n3c4cc(N(c5ccccc5)c5ccc6c(c5)C(c5ccccc5)(c5ccc(-c7ccccc7)cc5)c5ccccc5-6)ccc4c4ccc5ccccc5c43)cc2)cc1. The molecule has 0 saturated carbocycles. The van der Waals surface area contributed by atoms with Crippen LogP contribution in [-0.4, -0.2) is 9.13 Å². The van der Waals surface area contributed by atoms with Gasteiger partial charge in [0.1, 0.15) is 0 Å². The third kappa shape index (κ3) is 13.3. The van der Waals surface area contributed by atoms with Crippen LogP contribution in [0.2, 0.25) is 0 Å². The molecule has 2 aromatic heterocycles. The minimum atomic E-state index is -0.586. The first-order valence-corrected chi connectivity index (χ1v) is 47.7. The van der Waals surface area contributed by atoms with Gasteiger partial charge in [0.25, 0.3) is 0 Å². The molecule has 4 nitrogen and oxygen atoms in total. The highest BCUT2D eigenvalue weighted by Crippen LogP contribution is 2.61. The van der Waals surface area contributed by atoms with Gasteiger partial charge in [0, 0.05) is 77.8 Å². The lowest BCUT2D eigenvalue weighted by atomic mass is 9.67. The second-order valence-corrected chi connectivity index (χ2v) is 36.5. The maximum atomic E-state index is 2.49. The standard InChI is InChI=1S/C69H46N2.C65H44N2/c1-4-16-47(17-5-1)50-28-34-55(35-29-50)69(54-23-8-3-9-24-54)65-27-15-14-26-61(65)62-42-39-58(45-66(62)69)70(57-38-32-49-20-10-11-22-53(49)44-57)59-40-43-63-64-41-33-52-21-12-13-25-60(52)68(64)71(67(63)46-59)56-36-30-51(31-37-56)48-18-6-2-7-19-48;1-5-17-45(18-6-1)47-29-34-51(35-30-47)65(50-22-9-3-10-23-50)61-28-16-15-27-57(61)58-41-38-54(43-62(58)65)66(52-24-11-4-12-25-52)55-39-42-59-60-40-33-49-21-13-14-26-56(49)64(60)67(63(59)44-55)53-36-31-48(32-37-53)46-19-7-2-8-20-46/h1-46H;1-44H. The summed E-state index contributed by atoms with van der Waals surface area (Å²) in [6, 6.07) is 201. The zero-order valence-corrected chi connectivity index (χ0v) is 75.8. The second-order valence-electron chi connectivity index (χ2n) is 36.5. The Morgan fingerprint density at radius 3 is 0.841 bits per heavy atom. The van der Waals surface area contributed by atoms with Crippen molar-refractivity contribution in [3.8, 4) is 78.1 Å². The van der Waals surface area contributed by atoms with Gasteiger partial charge in [-0.2, -0.15) is 0 Å². The fraction of sp³-hybridized carbons (Fsp3) is 0.0149. The van der Waals surface area contributed by atoms with E-state index >= 15 is 0 Å². The predicted molar refractivity (Wildman–Crippen MR) is 580 cm³/mol. The summed E-state index contributed by atoms with van der Waals surface area (Å²) in [6.07, 6.45) is 0. The molecule has 0 bridgehead atoms. The van der Waals surface area contributed by atoms with Gasteiger partial charge in [-0.05, 0) is 230 Å². The number of anilines is 6. The Morgan fingerprint density at radius 2 is 0.428 bits per heavy atom. The molecular formula is C134H90N4. The van der Waals surface area contributed by atoms with Crippen LogP contribution >= 0.6 is 0 Å². The minimum Gasteiger partial charge on any atom is -0.310 e. The lowest BCUT2D eigenvalue weighted by Crippen LogP contribution is -2.28. The molecule has 0 amide bonds. The van der Waals surface area contributed by atoms with Crippen molar-refractivity contribution in [1.82, 2.24) is 9.13 Å². The largest absolute Gasteiger partial charge is 0.310 e. The number of fused-ring (bicyclic) bond motifs is 17. The van der Waals surface area contributed by atoms with Crippen molar-refractivity contribution in [2.24, 2.45) is 0 Å². The summed E-state index contributed by atoms with van der Waals surface area (Å²) in [6.45, 7) is 0. The molecule has 0 radical (unpaired) electrons. The van der Waals surface area contributed by atoms with Gasteiger partial charge in [0.2, 0.25) is 0 Å². The zero-order valence-electron chi connectivity index (χ0n) is 75.8. The molecule has 0 spiro atoms. The van der Waals surface area contributed by atoms with Crippen LogP contribution in [0.15, 0.2) is 546 Å². The van der Waals surface area contributed by atoms with Crippen molar-refractivity contribution in [1.29, 1.82) is 0 Å². The molecule has 2 aliphatic rings. The first-order valence-electron chi connectivity index (χ1n) is 47.7. The highest BCUT2D eigenvalue weighted by molar-refractivity contribution is 6.21. The molecule has 2 heterocycles. The molecule has 23 aromatic carbocycles. The molecule has 2 aliphatic carbocycles. The molecule has 27 rings (SSSR count). The first-order chi connectivity index (χ1) is 68.4. The number of aromatic nitrogens is 2. The summed E-state index contributed by atoms with van der Waals surface area (Å²) in [5, 5.41) is 12.2. The predicted octanol–water partition coefficient (Wildman–Crippen LogP) is 35.4. The maximum Gasteiger partial charge on any atom is 0.0714 e. The van der Waals surface area contributed by atoms with Crippen molar-refractivity contribution in [3.05, 3.63) is 590 Å². The second kappa shape index (κ2) is 33.6. The minimum absolute atomic E-state index is 0.565. The average Bonchev–Trinajstić information content (AvgIpc) is 1.53. The average molecular weight is 1760 g/mol. The molecular weight excluding hydrogens is 1670 g/mol. The van der Waals surface area contributed by atoms with Crippen LogP contribution in [0.5, 0.6) is 0 Å². The van der Waals surface area contributed by atoms with Crippen LogP contribution in [0.3, 0.4) is 0 Å². The van der Waals surface area contributed by atoms with Gasteiger partial charge in [0.05, 0.1) is 32.9 Å². The Balaban J connectivity index is 0.000000143. The molecule has 138 heavy (non-hydrogen) atoms. The van der Waals surface area contributed by atoms with Crippen LogP contribution in [0, 0.1) is 0 Å². The van der Waals surface area contributed by atoms with Gasteiger partial charge >= 0.3 is 0 Å². The summed E-state index contributed by atoms with van der Waals surface area (Å²) in [4.78, 5) is 4.91. The van der Waals surface area contributed by atoms with Crippen LogP contribution in [0.25, 0.3) is 154 Å². The highest BCUT2D eigenvalue weighted by Gasteiger charge is 2.48. The van der Waals surface area contributed by atoms with Crippen molar-refractivity contribution in [2.45, 2.75) is 10.8 Å². The van der Waals surface area contributed by atoms with E-state index in [9.17, 15) is 0 Å². The number of rotatable bonds is 16. The molecule has 0 fully saturated rings. The van der Waals surface area contributed by atoms with Crippen LogP contribution in [-0.2, 0) is 10.8 Å². The number of hydrogen-bond acceptors (Lipinski definition) is 2. The summed E-state index contributed by atoms with van der Waals surface area (Å²) in [5.74, 6) is 0. The van der Waals surface area contributed by atoms with Crippen molar-refractivity contribution in [2.75, 3.05) is 9.80 Å². The Labute approximate surface area is 802 Å². The van der Waals surface area contributed by atoms with Crippen molar-refractivity contribution in [3.63, 3.8) is 0 Å². The summed E-state index contributed by atoms with van der Waals surface area (Å²) in [5.41, 5.74) is 37.1. The number of para-hydroxylation sites is 1. The van der Waals surface area contributed by atoms with E-state index in [1.54, 1.807) is 0 Å². The van der Waals surface area contributed by atoms with Gasteiger partial charge in [-0.25, -0.2) is 0 Å². The van der Waals surface area contributed by atoms with E-state index in [1.807, 2.05) is 0 Å². The Kier molecular flexibility index (Phi) is 19.7. The molecule has 4 heteroatoms. The van der Waals surface area contributed by atoms with E-state index in [4.69, 9.17) is 0 Å². The van der Waals surface area contributed by atoms with E-state index < -0.39 is 10.8 Å². The van der Waals surface area contributed by atoms with Crippen LogP contribution < -0.4 is 9.80 Å². The van der Waals surface area contributed by atoms with Gasteiger partial charge < -0.3 is 18.9 Å². The Hall–Kier alpha value is -18.0. The van der Waals surface area contributed by atoms with Gasteiger partial charge in [0.15, 0.2) is 0 Å². The summed E-state index contributed by atoms with van der Waals surface area (Å²) < 4.78 is 4.97. The zero-order chi connectivity index (χ0) is 91.2.